The summed E-state index contributed by atoms with van der Waals surface area (Å²) in [6.45, 7) is 0.853. The lowest BCUT2D eigenvalue weighted by atomic mass is 9.94. The Kier molecular flexibility index (Phi) is 4.52. The molecule has 2 amide bonds. The number of carbonyl (C=O) groups excluding carboxylic acids is 1. The monoisotopic (exact) mass is 318 g/mol. The van der Waals surface area contributed by atoms with Crippen molar-refractivity contribution in [3.8, 4) is 0 Å². The number of urea groups is 1. The Hall–Kier alpha value is -2.47. The van der Waals surface area contributed by atoms with Gasteiger partial charge in [-0.05, 0) is 42.0 Å². The van der Waals surface area contributed by atoms with Crippen LogP contribution in [0.4, 0.5) is 19.3 Å². The molecule has 1 aliphatic rings. The Morgan fingerprint density at radius 1 is 0.957 bits per heavy atom. The molecule has 2 N–H and O–H groups in total. The predicted molar refractivity (Wildman–Crippen MR) is 82.3 cm³/mol. The first kappa shape index (κ1) is 15.4. The molecule has 1 aliphatic heterocycles. The van der Waals surface area contributed by atoms with Crippen LogP contribution in [0.5, 0.6) is 0 Å². The molecule has 0 bridgehead atoms. The van der Waals surface area contributed by atoms with E-state index < -0.39 is 0 Å². The summed E-state index contributed by atoms with van der Waals surface area (Å²) in [5, 5.41) is 5.49. The van der Waals surface area contributed by atoms with E-state index in [0.717, 1.165) is 5.56 Å². The average Bonchev–Trinajstić information content (AvgIpc) is 2.98. The second-order valence-corrected chi connectivity index (χ2v) is 5.41. The van der Waals surface area contributed by atoms with Gasteiger partial charge in [0.2, 0.25) is 0 Å². The molecule has 0 aromatic heterocycles. The molecule has 0 radical (unpaired) electrons. The van der Waals surface area contributed by atoms with Gasteiger partial charge < -0.3 is 15.4 Å². The molecular formula is C17H16F2N2O2. The number of amides is 2. The van der Waals surface area contributed by atoms with Crippen molar-refractivity contribution in [2.24, 2.45) is 0 Å². The number of carbonyl (C=O) groups is 1. The summed E-state index contributed by atoms with van der Waals surface area (Å²) in [6, 6.07) is 11.1. The molecule has 2 atom stereocenters. The lowest BCUT2D eigenvalue weighted by molar-refractivity contribution is 0.187. The Bertz CT molecular complexity index is 674. The van der Waals surface area contributed by atoms with Crippen LogP contribution >= 0.6 is 0 Å². The highest BCUT2D eigenvalue weighted by atomic mass is 19.1. The van der Waals surface area contributed by atoms with Gasteiger partial charge in [0.15, 0.2) is 0 Å². The van der Waals surface area contributed by atoms with Crippen molar-refractivity contribution in [1.82, 2.24) is 5.32 Å². The van der Waals surface area contributed by atoms with Gasteiger partial charge in [-0.2, -0.15) is 0 Å². The van der Waals surface area contributed by atoms with Crippen LogP contribution in [0.1, 0.15) is 11.5 Å². The maximum absolute atomic E-state index is 13.0. The summed E-state index contributed by atoms with van der Waals surface area (Å²) >= 11 is 0. The molecule has 0 unspecified atom stereocenters. The van der Waals surface area contributed by atoms with E-state index in [2.05, 4.69) is 10.6 Å². The summed E-state index contributed by atoms with van der Waals surface area (Å²) in [7, 11) is 0. The number of anilines is 1. The fraction of sp³-hybridized carbons (Fsp3) is 0.235. The minimum absolute atomic E-state index is 0.0328. The molecule has 3 rings (SSSR count). The third-order valence-corrected chi connectivity index (χ3v) is 3.80. The van der Waals surface area contributed by atoms with Crippen molar-refractivity contribution in [3.05, 3.63) is 65.7 Å². The van der Waals surface area contributed by atoms with Crippen LogP contribution in [-0.4, -0.2) is 25.3 Å². The van der Waals surface area contributed by atoms with Gasteiger partial charge in [-0.1, -0.05) is 12.1 Å². The molecule has 0 saturated carbocycles. The second-order valence-electron chi connectivity index (χ2n) is 5.41. The van der Waals surface area contributed by atoms with Gasteiger partial charge in [0, 0.05) is 11.6 Å². The summed E-state index contributed by atoms with van der Waals surface area (Å²) in [4.78, 5) is 12.1. The normalized spacial score (nSPS) is 20.3. The Balaban J connectivity index is 1.62. The van der Waals surface area contributed by atoms with Crippen LogP contribution in [0.25, 0.3) is 0 Å². The molecule has 6 heteroatoms. The van der Waals surface area contributed by atoms with Crippen molar-refractivity contribution >= 4 is 11.7 Å². The number of nitrogens with one attached hydrogen (secondary N) is 2. The zero-order valence-electron chi connectivity index (χ0n) is 12.3. The Morgan fingerprint density at radius 2 is 1.57 bits per heavy atom. The van der Waals surface area contributed by atoms with E-state index in [9.17, 15) is 13.6 Å². The molecule has 2 aromatic rings. The van der Waals surface area contributed by atoms with E-state index in [4.69, 9.17) is 4.74 Å². The first-order valence-corrected chi connectivity index (χ1v) is 7.28. The molecule has 120 valence electrons. The quantitative estimate of drug-likeness (QED) is 0.912. The minimum Gasteiger partial charge on any atom is -0.379 e. The lowest BCUT2D eigenvalue weighted by Gasteiger charge is -2.19. The van der Waals surface area contributed by atoms with Gasteiger partial charge >= 0.3 is 6.03 Å². The first-order chi connectivity index (χ1) is 11.1. The smallest absolute Gasteiger partial charge is 0.319 e. The fourth-order valence-corrected chi connectivity index (χ4v) is 2.60. The fourth-order valence-electron chi connectivity index (χ4n) is 2.60. The van der Waals surface area contributed by atoms with E-state index in [-0.39, 0.29) is 29.6 Å². The molecule has 1 fully saturated rings. The van der Waals surface area contributed by atoms with E-state index in [1.54, 1.807) is 12.1 Å². The number of halogens is 2. The van der Waals surface area contributed by atoms with Gasteiger partial charge in [0.05, 0.1) is 19.3 Å². The van der Waals surface area contributed by atoms with E-state index >= 15 is 0 Å². The average molecular weight is 318 g/mol. The third-order valence-electron chi connectivity index (χ3n) is 3.80. The first-order valence-electron chi connectivity index (χ1n) is 7.28. The molecular weight excluding hydrogens is 302 g/mol. The Labute approximate surface area is 132 Å². The molecule has 0 aliphatic carbocycles. The highest BCUT2D eigenvalue weighted by Gasteiger charge is 2.30. The number of rotatable bonds is 3. The largest absolute Gasteiger partial charge is 0.379 e. The standard InChI is InChI=1S/C17H16F2N2O2/c18-12-3-1-11(2-4-12)15-9-23-10-16(15)21-17(22)20-14-7-5-13(19)6-8-14/h1-8,15-16H,9-10H2,(H2,20,21,22)/t15-,16-/m1/s1. The van der Waals surface area contributed by atoms with Crippen molar-refractivity contribution < 1.29 is 18.3 Å². The summed E-state index contributed by atoms with van der Waals surface area (Å²) < 4.78 is 31.3. The number of ether oxygens (including phenoxy) is 1. The summed E-state index contributed by atoms with van der Waals surface area (Å²) in [5.74, 6) is -0.697. The maximum Gasteiger partial charge on any atom is 0.319 e. The molecule has 23 heavy (non-hydrogen) atoms. The van der Waals surface area contributed by atoms with Crippen LogP contribution in [0, 0.1) is 11.6 Å². The number of hydrogen-bond acceptors (Lipinski definition) is 2. The topological polar surface area (TPSA) is 50.4 Å². The van der Waals surface area contributed by atoms with Crippen LogP contribution < -0.4 is 10.6 Å². The summed E-state index contributed by atoms with van der Waals surface area (Å²) in [6.07, 6.45) is 0. The van der Waals surface area contributed by atoms with Gasteiger partial charge in [-0.15, -0.1) is 0 Å². The predicted octanol–water partition coefficient (Wildman–Crippen LogP) is 3.27. The molecule has 0 spiro atoms. The molecule has 1 saturated heterocycles. The molecule has 2 aromatic carbocycles. The van der Waals surface area contributed by atoms with E-state index in [1.807, 2.05) is 0 Å². The van der Waals surface area contributed by atoms with Crippen LogP contribution in [0.15, 0.2) is 48.5 Å². The Morgan fingerprint density at radius 3 is 2.22 bits per heavy atom. The van der Waals surface area contributed by atoms with Crippen LogP contribution in [-0.2, 0) is 4.74 Å². The van der Waals surface area contributed by atoms with Crippen molar-refractivity contribution in [1.29, 1.82) is 0 Å². The lowest BCUT2D eigenvalue weighted by Crippen LogP contribution is -2.41. The van der Waals surface area contributed by atoms with Gasteiger partial charge in [-0.25, -0.2) is 13.6 Å². The molecule has 4 nitrogen and oxygen atoms in total. The van der Waals surface area contributed by atoms with Crippen molar-refractivity contribution in [2.75, 3.05) is 18.5 Å². The van der Waals surface area contributed by atoms with Crippen molar-refractivity contribution in [2.45, 2.75) is 12.0 Å². The number of hydrogen-bond donors (Lipinski definition) is 2. The highest BCUT2D eigenvalue weighted by Crippen LogP contribution is 2.26. The highest BCUT2D eigenvalue weighted by molar-refractivity contribution is 5.89. The minimum atomic E-state index is -0.390. The van der Waals surface area contributed by atoms with E-state index in [0.29, 0.717) is 18.9 Å². The third kappa shape index (κ3) is 3.84. The van der Waals surface area contributed by atoms with Crippen LogP contribution in [0.3, 0.4) is 0 Å². The molecule has 1 heterocycles. The van der Waals surface area contributed by atoms with E-state index in [1.165, 1.54) is 36.4 Å². The second kappa shape index (κ2) is 6.75. The van der Waals surface area contributed by atoms with Gasteiger partial charge in [0.25, 0.3) is 0 Å². The SMILES string of the molecule is O=C(Nc1ccc(F)cc1)N[C@@H]1COC[C@@H]1c1ccc(F)cc1. The van der Waals surface area contributed by atoms with Gasteiger partial charge in [0.1, 0.15) is 11.6 Å². The van der Waals surface area contributed by atoms with Gasteiger partial charge in [-0.3, -0.25) is 0 Å². The number of benzene rings is 2. The maximum atomic E-state index is 13.0. The van der Waals surface area contributed by atoms with Crippen molar-refractivity contribution in [3.63, 3.8) is 0 Å². The zero-order chi connectivity index (χ0) is 16.2. The summed E-state index contributed by atoms with van der Waals surface area (Å²) in [5.41, 5.74) is 1.41. The van der Waals surface area contributed by atoms with Crippen LogP contribution in [0.2, 0.25) is 0 Å². The zero-order valence-corrected chi connectivity index (χ0v) is 12.3.